The minimum atomic E-state index is -0.775. The van der Waals surface area contributed by atoms with E-state index in [1.54, 1.807) is 97.1 Å². The molecule has 5 rings (SSSR count). The average Bonchev–Trinajstić information content (AvgIpc) is 2.97. The first-order valence-corrected chi connectivity index (χ1v) is 14.4. The summed E-state index contributed by atoms with van der Waals surface area (Å²) in [6.07, 6.45) is 1.41. The molecule has 0 unspecified atom stereocenters. The van der Waals surface area contributed by atoms with Gasteiger partial charge in [0.15, 0.2) is 6.61 Å². The van der Waals surface area contributed by atoms with Crippen LogP contribution in [-0.4, -0.2) is 30.4 Å². The first kappa shape index (κ1) is 29.2. The molecule has 0 saturated carbocycles. The van der Waals surface area contributed by atoms with Gasteiger partial charge in [0.1, 0.15) is 11.3 Å². The lowest BCUT2D eigenvalue weighted by molar-refractivity contribution is -0.121. The van der Waals surface area contributed by atoms with Crippen molar-refractivity contribution in [3.63, 3.8) is 0 Å². The molecular weight excluding hydrogens is 690 g/mol. The SMILES string of the molecule is O=C(COc1c(Br)cc(C=C2C(=O)N(c3ccccc3)C(=O)N(c3ccccc3)C2=O)cc1Br)Nc1ccc(Cl)cc1. The molecule has 0 bridgehead atoms. The van der Waals surface area contributed by atoms with Crippen LogP contribution < -0.4 is 19.9 Å². The van der Waals surface area contributed by atoms with Crippen LogP contribution in [0.15, 0.2) is 112 Å². The van der Waals surface area contributed by atoms with Crippen molar-refractivity contribution in [2.45, 2.75) is 0 Å². The van der Waals surface area contributed by atoms with Crippen molar-refractivity contribution in [2.24, 2.45) is 0 Å². The summed E-state index contributed by atoms with van der Waals surface area (Å²) in [7, 11) is 0. The molecule has 1 fully saturated rings. The van der Waals surface area contributed by atoms with E-state index < -0.39 is 17.8 Å². The van der Waals surface area contributed by atoms with Crippen LogP contribution in [0.2, 0.25) is 5.02 Å². The number of halogens is 3. The molecule has 210 valence electrons. The van der Waals surface area contributed by atoms with Gasteiger partial charge in [-0.25, -0.2) is 14.6 Å². The summed E-state index contributed by atoms with van der Waals surface area (Å²) >= 11 is 12.8. The smallest absolute Gasteiger partial charge is 0.343 e. The number of nitrogens with one attached hydrogen (secondary N) is 1. The summed E-state index contributed by atoms with van der Waals surface area (Å²) in [5.74, 6) is -1.55. The molecule has 0 atom stereocenters. The second-order valence-electron chi connectivity index (χ2n) is 8.95. The maximum atomic E-state index is 13.6. The first-order chi connectivity index (χ1) is 20.2. The van der Waals surface area contributed by atoms with Crippen LogP contribution in [0.1, 0.15) is 5.56 Å². The van der Waals surface area contributed by atoms with Gasteiger partial charge in [-0.2, -0.15) is 0 Å². The van der Waals surface area contributed by atoms with Gasteiger partial charge >= 0.3 is 6.03 Å². The van der Waals surface area contributed by atoms with Crippen molar-refractivity contribution in [2.75, 3.05) is 21.7 Å². The topological polar surface area (TPSA) is 96.0 Å². The zero-order chi connectivity index (χ0) is 29.8. The van der Waals surface area contributed by atoms with Crippen molar-refractivity contribution >= 4 is 90.4 Å². The Morgan fingerprint density at radius 1 is 0.786 bits per heavy atom. The largest absolute Gasteiger partial charge is 0.481 e. The molecule has 8 nitrogen and oxygen atoms in total. The van der Waals surface area contributed by atoms with E-state index >= 15 is 0 Å². The highest BCUT2D eigenvalue weighted by molar-refractivity contribution is 9.11. The number of anilines is 3. The molecule has 0 radical (unpaired) electrons. The minimum absolute atomic E-state index is 0.211. The molecule has 4 aromatic rings. The van der Waals surface area contributed by atoms with Crippen molar-refractivity contribution in [1.29, 1.82) is 0 Å². The molecule has 11 heteroatoms. The number of amides is 5. The van der Waals surface area contributed by atoms with Crippen LogP contribution in [0.5, 0.6) is 5.75 Å². The number of ether oxygens (including phenoxy) is 1. The zero-order valence-corrected chi connectivity index (χ0v) is 25.5. The number of hydrogen-bond donors (Lipinski definition) is 1. The lowest BCUT2D eigenvalue weighted by Crippen LogP contribution is -2.57. The van der Waals surface area contributed by atoms with Gasteiger partial charge in [-0.1, -0.05) is 48.0 Å². The summed E-state index contributed by atoms with van der Waals surface area (Å²) in [5.41, 5.74) is 1.49. The third-order valence-corrected chi connectivity index (χ3v) is 7.52. The van der Waals surface area contributed by atoms with Gasteiger partial charge in [-0.3, -0.25) is 14.4 Å². The molecular formula is C31H20Br2ClN3O5. The van der Waals surface area contributed by atoms with Crippen LogP contribution in [-0.2, 0) is 14.4 Å². The quantitative estimate of drug-likeness (QED) is 0.159. The fraction of sp³-hybridized carbons (Fsp3) is 0.0323. The zero-order valence-electron chi connectivity index (χ0n) is 21.6. The van der Waals surface area contributed by atoms with Gasteiger partial charge in [0.25, 0.3) is 17.7 Å². The molecule has 5 amide bonds. The Hall–Kier alpha value is -4.25. The van der Waals surface area contributed by atoms with Crippen LogP contribution in [0.25, 0.3) is 6.08 Å². The number of nitrogens with zero attached hydrogens (tertiary/aromatic N) is 2. The maximum absolute atomic E-state index is 13.6. The number of imide groups is 2. The van der Waals surface area contributed by atoms with Gasteiger partial charge in [0.05, 0.1) is 20.3 Å². The summed E-state index contributed by atoms with van der Waals surface area (Å²) < 4.78 is 6.66. The van der Waals surface area contributed by atoms with Gasteiger partial charge < -0.3 is 10.1 Å². The predicted octanol–water partition coefficient (Wildman–Crippen LogP) is 7.47. The Morgan fingerprint density at radius 2 is 1.29 bits per heavy atom. The van der Waals surface area contributed by atoms with Crippen LogP contribution in [0, 0.1) is 0 Å². The van der Waals surface area contributed by atoms with E-state index in [4.69, 9.17) is 16.3 Å². The summed E-state index contributed by atoms with van der Waals surface area (Å²) in [6.45, 7) is -0.280. The molecule has 0 aromatic heterocycles. The van der Waals surface area contributed by atoms with Gasteiger partial charge in [0, 0.05) is 10.7 Å². The van der Waals surface area contributed by atoms with E-state index in [9.17, 15) is 19.2 Å². The van der Waals surface area contributed by atoms with Crippen molar-refractivity contribution < 1.29 is 23.9 Å². The number of para-hydroxylation sites is 2. The van der Waals surface area contributed by atoms with Crippen molar-refractivity contribution in [3.05, 3.63) is 122 Å². The van der Waals surface area contributed by atoms with Crippen LogP contribution in [0.3, 0.4) is 0 Å². The first-order valence-electron chi connectivity index (χ1n) is 12.4. The minimum Gasteiger partial charge on any atom is -0.481 e. The molecule has 0 aliphatic carbocycles. The van der Waals surface area contributed by atoms with Crippen molar-refractivity contribution in [3.8, 4) is 5.75 Å². The second kappa shape index (κ2) is 12.7. The maximum Gasteiger partial charge on any atom is 0.343 e. The van der Waals surface area contributed by atoms with E-state index in [0.717, 1.165) is 9.80 Å². The third-order valence-electron chi connectivity index (χ3n) is 6.09. The fourth-order valence-corrected chi connectivity index (χ4v) is 5.75. The van der Waals surface area contributed by atoms with Crippen LogP contribution in [0.4, 0.5) is 21.9 Å². The molecule has 1 N–H and O–H groups in total. The third kappa shape index (κ3) is 6.30. The Kier molecular flexibility index (Phi) is 8.86. The molecule has 1 heterocycles. The van der Waals surface area contributed by atoms with E-state index in [-0.39, 0.29) is 18.1 Å². The second-order valence-corrected chi connectivity index (χ2v) is 11.1. The number of carbonyl (C=O) groups is 4. The molecule has 1 aliphatic rings. The number of urea groups is 1. The van der Waals surface area contributed by atoms with Crippen molar-refractivity contribution in [1.82, 2.24) is 0 Å². The number of hydrogen-bond acceptors (Lipinski definition) is 5. The van der Waals surface area contributed by atoms with Gasteiger partial charge in [-0.05, 0) is 104 Å². The van der Waals surface area contributed by atoms with Crippen LogP contribution >= 0.6 is 43.5 Å². The highest BCUT2D eigenvalue weighted by Crippen LogP contribution is 2.36. The van der Waals surface area contributed by atoms with E-state index in [1.165, 1.54) is 6.08 Å². The summed E-state index contributed by atoms with van der Waals surface area (Å²) in [6, 6.07) is 26.0. The predicted molar refractivity (Wildman–Crippen MR) is 169 cm³/mol. The molecule has 4 aromatic carbocycles. The number of barbiturate groups is 1. The molecule has 1 aliphatic heterocycles. The number of benzene rings is 4. The Labute approximate surface area is 262 Å². The molecule has 0 spiro atoms. The number of rotatable bonds is 7. The standard InChI is InChI=1S/C31H20Br2ClN3O5/c32-25-16-19(17-26(33)28(25)42-18-27(38)35-21-13-11-20(34)12-14-21)15-24-29(39)36(22-7-3-1-4-8-22)31(41)37(30(24)40)23-9-5-2-6-10-23/h1-17H,18H2,(H,35,38). The van der Waals surface area contributed by atoms with Gasteiger partial charge in [0.2, 0.25) is 0 Å². The lowest BCUT2D eigenvalue weighted by Gasteiger charge is -2.34. The Balaban J connectivity index is 1.43. The molecule has 42 heavy (non-hydrogen) atoms. The average molecular weight is 710 g/mol. The highest BCUT2D eigenvalue weighted by atomic mass is 79.9. The number of carbonyl (C=O) groups excluding carboxylic acids is 4. The fourth-order valence-electron chi connectivity index (χ4n) is 4.17. The van der Waals surface area contributed by atoms with E-state index in [0.29, 0.717) is 42.3 Å². The van der Waals surface area contributed by atoms with E-state index in [2.05, 4.69) is 37.2 Å². The monoisotopic (exact) mass is 707 g/mol. The highest BCUT2D eigenvalue weighted by Gasteiger charge is 2.43. The van der Waals surface area contributed by atoms with E-state index in [1.807, 2.05) is 0 Å². The summed E-state index contributed by atoms with van der Waals surface area (Å²) in [4.78, 5) is 55.0. The Morgan fingerprint density at radius 3 is 1.79 bits per heavy atom. The summed E-state index contributed by atoms with van der Waals surface area (Å²) in [5, 5.41) is 3.27. The lowest BCUT2D eigenvalue weighted by atomic mass is 10.0. The normalized spacial score (nSPS) is 13.3. The molecule has 1 saturated heterocycles. The Bertz CT molecular complexity index is 1630. The van der Waals surface area contributed by atoms with Gasteiger partial charge in [-0.15, -0.1) is 0 Å².